The van der Waals surface area contributed by atoms with Crippen LogP contribution >= 0.6 is 23.2 Å². The third-order valence-electron chi connectivity index (χ3n) is 3.16. The number of ether oxygens (including phenoxy) is 2. The van der Waals surface area contributed by atoms with E-state index in [9.17, 15) is 0 Å². The highest BCUT2D eigenvalue weighted by molar-refractivity contribution is 6.32. The molecule has 2 aromatic carbocycles. The number of nitrogens with one attached hydrogen (secondary N) is 1. The summed E-state index contributed by atoms with van der Waals surface area (Å²) in [5, 5.41) is 1.13. The van der Waals surface area contributed by atoms with Gasteiger partial charge in [0.1, 0.15) is 0 Å². The molecule has 0 radical (unpaired) electrons. The predicted molar refractivity (Wildman–Crippen MR) is 85.2 cm³/mol. The predicted octanol–water partition coefficient (Wildman–Crippen LogP) is 3.56. The van der Waals surface area contributed by atoms with Crippen molar-refractivity contribution in [2.45, 2.75) is 6.04 Å². The van der Waals surface area contributed by atoms with Crippen molar-refractivity contribution in [3.63, 3.8) is 0 Å². The van der Waals surface area contributed by atoms with Crippen molar-refractivity contribution in [2.24, 2.45) is 5.84 Å². The van der Waals surface area contributed by atoms with Gasteiger partial charge in [-0.15, -0.1) is 0 Å². The van der Waals surface area contributed by atoms with E-state index in [1.54, 1.807) is 20.3 Å². The van der Waals surface area contributed by atoms with E-state index in [1.165, 1.54) is 0 Å². The maximum absolute atomic E-state index is 6.23. The minimum atomic E-state index is -0.237. The van der Waals surface area contributed by atoms with E-state index in [2.05, 4.69) is 5.43 Å². The molecule has 0 fully saturated rings. The van der Waals surface area contributed by atoms with Gasteiger partial charge in [-0.05, 0) is 35.4 Å². The van der Waals surface area contributed by atoms with Crippen LogP contribution in [-0.2, 0) is 0 Å². The van der Waals surface area contributed by atoms with Gasteiger partial charge in [-0.2, -0.15) is 0 Å². The average molecular weight is 327 g/mol. The van der Waals surface area contributed by atoms with E-state index >= 15 is 0 Å². The van der Waals surface area contributed by atoms with Crippen LogP contribution < -0.4 is 20.7 Å². The Morgan fingerprint density at radius 3 is 2.19 bits per heavy atom. The third kappa shape index (κ3) is 3.41. The Hall–Kier alpha value is -1.46. The number of hydrogen-bond donors (Lipinski definition) is 2. The van der Waals surface area contributed by atoms with E-state index in [-0.39, 0.29) is 6.04 Å². The molecular weight excluding hydrogens is 311 g/mol. The zero-order valence-corrected chi connectivity index (χ0v) is 13.2. The molecule has 0 amide bonds. The molecule has 0 aliphatic rings. The molecular formula is C15H16Cl2N2O2. The molecule has 0 aromatic heterocycles. The van der Waals surface area contributed by atoms with Gasteiger partial charge >= 0.3 is 0 Å². The molecule has 1 unspecified atom stereocenters. The van der Waals surface area contributed by atoms with E-state index in [4.69, 9.17) is 38.5 Å². The van der Waals surface area contributed by atoms with Gasteiger partial charge in [0.25, 0.3) is 0 Å². The number of hydrogen-bond acceptors (Lipinski definition) is 4. The number of benzene rings is 2. The molecule has 0 heterocycles. The smallest absolute Gasteiger partial charge is 0.179 e. The Kier molecular flexibility index (Phi) is 5.31. The van der Waals surface area contributed by atoms with Crippen molar-refractivity contribution >= 4 is 23.2 Å². The summed E-state index contributed by atoms with van der Waals surface area (Å²) in [6, 6.07) is 10.8. The minimum Gasteiger partial charge on any atom is -0.493 e. The fourth-order valence-corrected chi connectivity index (χ4v) is 2.57. The van der Waals surface area contributed by atoms with Gasteiger partial charge in [0.05, 0.1) is 25.3 Å². The Morgan fingerprint density at radius 2 is 1.67 bits per heavy atom. The SMILES string of the molecule is COc1cc(C(NN)c2ccc(Cl)cc2)cc(Cl)c1OC. The number of halogens is 2. The lowest BCUT2D eigenvalue weighted by molar-refractivity contribution is 0.354. The van der Waals surface area contributed by atoms with Gasteiger partial charge in [0.2, 0.25) is 0 Å². The summed E-state index contributed by atoms with van der Waals surface area (Å²) in [5.74, 6) is 6.73. The largest absolute Gasteiger partial charge is 0.493 e. The van der Waals surface area contributed by atoms with Crippen LogP contribution in [0.25, 0.3) is 0 Å². The van der Waals surface area contributed by atoms with Gasteiger partial charge in [-0.3, -0.25) is 5.84 Å². The van der Waals surface area contributed by atoms with Crippen LogP contribution in [0.3, 0.4) is 0 Å². The summed E-state index contributed by atoms with van der Waals surface area (Å²) in [6.07, 6.45) is 0. The Labute approximate surface area is 133 Å². The standard InChI is InChI=1S/C15H16Cl2N2O2/c1-20-13-8-10(7-12(17)15(13)21-2)14(19-18)9-3-5-11(16)6-4-9/h3-8,14,19H,18H2,1-2H3. The lowest BCUT2D eigenvalue weighted by Crippen LogP contribution is -2.28. The van der Waals surface area contributed by atoms with Gasteiger partial charge in [-0.25, -0.2) is 5.43 Å². The maximum atomic E-state index is 6.23. The van der Waals surface area contributed by atoms with E-state index in [0.717, 1.165) is 11.1 Å². The fraction of sp³-hybridized carbons (Fsp3) is 0.200. The van der Waals surface area contributed by atoms with Gasteiger partial charge in [0.15, 0.2) is 11.5 Å². The normalized spacial score (nSPS) is 12.0. The first-order chi connectivity index (χ1) is 10.1. The van der Waals surface area contributed by atoms with Crippen LogP contribution in [0.15, 0.2) is 36.4 Å². The molecule has 0 aliphatic carbocycles. The van der Waals surface area contributed by atoms with E-state index in [1.807, 2.05) is 30.3 Å². The molecule has 0 bridgehead atoms. The molecule has 21 heavy (non-hydrogen) atoms. The first-order valence-corrected chi connectivity index (χ1v) is 6.99. The summed E-state index contributed by atoms with van der Waals surface area (Å²) >= 11 is 12.1. The Bertz CT molecular complexity index is 618. The van der Waals surface area contributed by atoms with Crippen molar-refractivity contribution < 1.29 is 9.47 Å². The van der Waals surface area contributed by atoms with Crippen LogP contribution in [0.2, 0.25) is 10.0 Å². The highest BCUT2D eigenvalue weighted by Gasteiger charge is 2.18. The summed E-state index contributed by atoms with van der Waals surface area (Å²) in [4.78, 5) is 0. The highest BCUT2D eigenvalue weighted by Crippen LogP contribution is 2.38. The molecule has 1 atom stereocenters. The summed E-state index contributed by atoms with van der Waals surface area (Å²) < 4.78 is 10.5. The molecule has 0 saturated heterocycles. The van der Waals surface area contributed by atoms with Gasteiger partial charge in [0, 0.05) is 5.02 Å². The van der Waals surface area contributed by atoms with E-state index < -0.39 is 0 Å². The lowest BCUT2D eigenvalue weighted by Gasteiger charge is -2.19. The topological polar surface area (TPSA) is 56.5 Å². The molecule has 2 aromatic rings. The van der Waals surface area contributed by atoms with Crippen LogP contribution in [0, 0.1) is 0 Å². The van der Waals surface area contributed by atoms with Gasteiger partial charge < -0.3 is 9.47 Å². The van der Waals surface area contributed by atoms with E-state index in [0.29, 0.717) is 21.5 Å². The van der Waals surface area contributed by atoms with Gasteiger partial charge in [-0.1, -0.05) is 35.3 Å². The quantitative estimate of drug-likeness (QED) is 0.651. The van der Waals surface area contributed by atoms with Crippen LogP contribution in [0.5, 0.6) is 11.5 Å². The second kappa shape index (κ2) is 7.00. The molecule has 0 spiro atoms. The number of rotatable bonds is 5. The molecule has 6 heteroatoms. The molecule has 2 rings (SSSR count). The van der Waals surface area contributed by atoms with Crippen molar-refractivity contribution in [3.8, 4) is 11.5 Å². The number of methoxy groups -OCH3 is 2. The Morgan fingerprint density at radius 1 is 1.00 bits per heavy atom. The monoisotopic (exact) mass is 326 g/mol. The van der Waals surface area contributed by atoms with Crippen molar-refractivity contribution in [3.05, 3.63) is 57.6 Å². The highest BCUT2D eigenvalue weighted by atomic mass is 35.5. The fourth-order valence-electron chi connectivity index (χ4n) is 2.14. The number of hydrazine groups is 1. The van der Waals surface area contributed by atoms with Crippen molar-refractivity contribution in [1.29, 1.82) is 0 Å². The van der Waals surface area contributed by atoms with Crippen molar-refractivity contribution in [1.82, 2.24) is 5.43 Å². The molecule has 0 saturated carbocycles. The number of nitrogens with two attached hydrogens (primary N) is 1. The average Bonchev–Trinajstić information content (AvgIpc) is 2.49. The molecule has 112 valence electrons. The molecule has 4 nitrogen and oxygen atoms in total. The molecule has 3 N–H and O–H groups in total. The first-order valence-electron chi connectivity index (χ1n) is 6.23. The summed E-state index contributed by atoms with van der Waals surface area (Å²) in [7, 11) is 3.10. The van der Waals surface area contributed by atoms with Crippen LogP contribution in [-0.4, -0.2) is 14.2 Å². The second-order valence-electron chi connectivity index (χ2n) is 4.39. The van der Waals surface area contributed by atoms with Crippen LogP contribution in [0.4, 0.5) is 0 Å². The summed E-state index contributed by atoms with van der Waals surface area (Å²) in [5.41, 5.74) is 4.60. The minimum absolute atomic E-state index is 0.237. The third-order valence-corrected chi connectivity index (χ3v) is 3.69. The lowest BCUT2D eigenvalue weighted by atomic mass is 9.99. The van der Waals surface area contributed by atoms with Crippen LogP contribution in [0.1, 0.15) is 17.2 Å². The Balaban J connectivity index is 2.47. The first kappa shape index (κ1) is 15.9. The summed E-state index contributed by atoms with van der Waals surface area (Å²) in [6.45, 7) is 0. The van der Waals surface area contributed by atoms with Crippen molar-refractivity contribution in [2.75, 3.05) is 14.2 Å². The second-order valence-corrected chi connectivity index (χ2v) is 5.23. The zero-order valence-electron chi connectivity index (χ0n) is 11.7. The zero-order chi connectivity index (χ0) is 15.4. The molecule has 0 aliphatic heterocycles. The maximum Gasteiger partial charge on any atom is 0.179 e.